The molecular weight excluding hydrogens is 490 g/mol. The Morgan fingerprint density at radius 2 is 1.16 bits per heavy atom. The Hall–Kier alpha value is -2.11. The molecule has 2 unspecified atom stereocenters. The van der Waals surface area contributed by atoms with Crippen molar-refractivity contribution in [1.82, 2.24) is 0 Å². The average molecular weight is 502 g/mol. The zero-order valence-electron chi connectivity index (χ0n) is 14.9. The molecule has 0 aliphatic carbocycles. The molecular formula is C13H12F10O7S. The summed E-state index contributed by atoms with van der Waals surface area (Å²) in [7, 11) is -6.72. The summed E-state index contributed by atoms with van der Waals surface area (Å²) in [5, 5.41) is -6.05. The lowest BCUT2D eigenvalue weighted by Crippen LogP contribution is -2.52. The third-order valence-electron chi connectivity index (χ3n) is 2.99. The molecule has 0 rings (SSSR count). The van der Waals surface area contributed by atoms with Crippen molar-refractivity contribution in [3.05, 3.63) is 12.2 Å². The number of ether oxygens (including phenoxy) is 2. The van der Waals surface area contributed by atoms with E-state index >= 15 is 0 Å². The largest absolute Gasteiger partial charge is 0.446 e. The van der Waals surface area contributed by atoms with Crippen LogP contribution in [0.4, 0.5) is 43.9 Å². The molecule has 7 nitrogen and oxygen atoms in total. The summed E-state index contributed by atoms with van der Waals surface area (Å²) in [6.07, 6.45) is -23.6. The zero-order chi connectivity index (χ0) is 25.2. The topological polar surface area (TPSA) is 107 Å². The summed E-state index contributed by atoms with van der Waals surface area (Å²) in [6, 6.07) is 0. The van der Waals surface area contributed by atoms with Crippen LogP contribution in [0.2, 0.25) is 0 Å². The fourth-order valence-electron chi connectivity index (χ4n) is 1.74. The summed E-state index contributed by atoms with van der Waals surface area (Å²) in [4.78, 5) is 22.7. The number of halogens is 10. The Morgan fingerprint density at radius 1 is 0.839 bits per heavy atom. The molecule has 0 aliphatic heterocycles. The SMILES string of the molecule is C=C(CC(=O)OC(C(C)(F)F)C(F)(F)F)CC(=O)OC(C(F)(F)F)C(F)(F)S(=O)(=O)O. The van der Waals surface area contributed by atoms with Gasteiger partial charge in [-0.25, -0.2) is 8.78 Å². The first-order chi connectivity index (χ1) is 13.4. The number of hydrogen-bond acceptors (Lipinski definition) is 6. The van der Waals surface area contributed by atoms with Crippen LogP contribution in [0, 0.1) is 0 Å². The molecule has 0 saturated heterocycles. The first-order valence-electron chi connectivity index (χ1n) is 7.32. The van der Waals surface area contributed by atoms with Gasteiger partial charge in [0.2, 0.25) is 0 Å². The Balaban J connectivity index is 5.25. The Bertz CT molecular complexity index is 781. The van der Waals surface area contributed by atoms with Crippen molar-refractivity contribution < 1.29 is 75.9 Å². The van der Waals surface area contributed by atoms with Gasteiger partial charge in [-0.05, 0) is 0 Å². The maximum atomic E-state index is 13.3. The third-order valence-corrected chi connectivity index (χ3v) is 3.89. The molecule has 0 saturated carbocycles. The molecule has 0 aromatic rings. The average Bonchev–Trinajstić information content (AvgIpc) is 2.45. The van der Waals surface area contributed by atoms with Crippen LogP contribution < -0.4 is 0 Å². The summed E-state index contributed by atoms with van der Waals surface area (Å²) >= 11 is 0. The lowest BCUT2D eigenvalue weighted by atomic mass is 10.1. The summed E-state index contributed by atoms with van der Waals surface area (Å²) in [5.41, 5.74) is -0.925. The lowest BCUT2D eigenvalue weighted by Gasteiger charge is -2.26. The molecule has 0 amide bonds. The van der Waals surface area contributed by atoms with E-state index in [-0.39, 0.29) is 6.92 Å². The van der Waals surface area contributed by atoms with Crippen LogP contribution in [0.25, 0.3) is 0 Å². The normalized spacial score (nSPS) is 15.7. The van der Waals surface area contributed by atoms with Gasteiger partial charge in [0, 0.05) is 6.92 Å². The van der Waals surface area contributed by atoms with Crippen LogP contribution in [0.5, 0.6) is 0 Å². The molecule has 31 heavy (non-hydrogen) atoms. The first kappa shape index (κ1) is 28.9. The molecule has 0 aliphatic rings. The second-order valence-electron chi connectivity index (χ2n) is 5.92. The van der Waals surface area contributed by atoms with E-state index in [2.05, 4.69) is 16.1 Å². The molecule has 1 N–H and O–H groups in total. The van der Waals surface area contributed by atoms with E-state index in [1.165, 1.54) is 0 Å². The van der Waals surface area contributed by atoms with Gasteiger partial charge >= 0.3 is 39.7 Å². The Morgan fingerprint density at radius 3 is 1.42 bits per heavy atom. The summed E-state index contributed by atoms with van der Waals surface area (Å²) in [5.74, 6) is -8.95. The maximum absolute atomic E-state index is 13.3. The maximum Gasteiger partial charge on any atom is 0.432 e. The molecule has 0 radical (unpaired) electrons. The van der Waals surface area contributed by atoms with E-state index in [9.17, 15) is 61.9 Å². The molecule has 18 heteroatoms. The third kappa shape index (κ3) is 8.50. The van der Waals surface area contributed by atoms with Crippen LogP contribution in [0.3, 0.4) is 0 Å². The minimum absolute atomic E-state index is 0.239. The number of alkyl halides is 10. The van der Waals surface area contributed by atoms with Gasteiger partial charge in [0.25, 0.3) is 18.1 Å². The van der Waals surface area contributed by atoms with Gasteiger partial charge in [-0.2, -0.15) is 43.5 Å². The molecule has 0 fully saturated rings. The standard InChI is InChI=1S/C13H12F10O7S/c1-5(3-6(24)29-8(10(2,14)15)11(16,17)18)4-7(25)30-9(12(19,20)21)13(22,23)31(26,27)28/h8-9H,1,3-4H2,2H3,(H,26,27,28). The molecule has 0 spiro atoms. The van der Waals surface area contributed by atoms with E-state index in [1.807, 2.05) is 0 Å². The molecule has 182 valence electrons. The fourth-order valence-corrected chi connectivity index (χ4v) is 2.19. The van der Waals surface area contributed by atoms with E-state index in [0.717, 1.165) is 0 Å². The highest BCUT2D eigenvalue weighted by molar-refractivity contribution is 7.86. The van der Waals surface area contributed by atoms with Crippen molar-refractivity contribution in [2.45, 2.75) is 55.5 Å². The number of hydrogen-bond donors (Lipinski definition) is 1. The van der Waals surface area contributed by atoms with Crippen molar-refractivity contribution in [3.63, 3.8) is 0 Å². The van der Waals surface area contributed by atoms with Gasteiger partial charge in [-0.3, -0.25) is 14.1 Å². The predicted octanol–water partition coefficient (Wildman–Crippen LogP) is 3.41. The molecule has 0 heterocycles. The van der Waals surface area contributed by atoms with Crippen molar-refractivity contribution in [1.29, 1.82) is 0 Å². The highest BCUT2D eigenvalue weighted by Gasteiger charge is 2.66. The fraction of sp³-hybridized carbons (Fsp3) is 0.692. The number of esters is 2. The number of carbonyl (C=O) groups is 2. The lowest BCUT2D eigenvalue weighted by molar-refractivity contribution is -0.273. The minimum atomic E-state index is -6.72. The van der Waals surface area contributed by atoms with Crippen LogP contribution in [-0.4, -0.2) is 60.6 Å². The monoisotopic (exact) mass is 502 g/mol. The van der Waals surface area contributed by atoms with Gasteiger partial charge in [-0.15, -0.1) is 0 Å². The van der Waals surface area contributed by atoms with E-state index < -0.39 is 76.2 Å². The first-order valence-corrected chi connectivity index (χ1v) is 8.76. The second kappa shape index (κ2) is 9.17. The van der Waals surface area contributed by atoms with Crippen molar-refractivity contribution in [2.75, 3.05) is 0 Å². The van der Waals surface area contributed by atoms with E-state index in [4.69, 9.17) is 4.55 Å². The number of rotatable bonds is 9. The van der Waals surface area contributed by atoms with Crippen molar-refractivity contribution >= 4 is 22.1 Å². The van der Waals surface area contributed by atoms with Crippen LogP contribution in [0.15, 0.2) is 12.2 Å². The smallest absolute Gasteiger partial charge is 0.432 e. The highest BCUT2D eigenvalue weighted by Crippen LogP contribution is 2.38. The van der Waals surface area contributed by atoms with Gasteiger partial charge in [0.1, 0.15) is 0 Å². The molecule has 0 aromatic carbocycles. The van der Waals surface area contributed by atoms with Gasteiger partial charge < -0.3 is 9.47 Å². The Kier molecular flexibility index (Phi) is 8.55. The minimum Gasteiger partial charge on any atom is -0.446 e. The molecule has 0 aromatic heterocycles. The Labute approximate surface area is 166 Å². The molecule has 2 atom stereocenters. The van der Waals surface area contributed by atoms with Gasteiger partial charge in [-0.1, -0.05) is 12.2 Å². The van der Waals surface area contributed by atoms with E-state index in [0.29, 0.717) is 0 Å². The van der Waals surface area contributed by atoms with E-state index in [1.54, 1.807) is 0 Å². The number of carbonyl (C=O) groups excluding carboxylic acids is 2. The van der Waals surface area contributed by atoms with Crippen LogP contribution in [-0.2, 0) is 29.2 Å². The summed E-state index contributed by atoms with van der Waals surface area (Å²) < 4.78 is 164. The van der Waals surface area contributed by atoms with Gasteiger partial charge in [0.15, 0.2) is 0 Å². The van der Waals surface area contributed by atoms with Crippen LogP contribution in [0.1, 0.15) is 19.8 Å². The van der Waals surface area contributed by atoms with Crippen molar-refractivity contribution in [3.8, 4) is 0 Å². The van der Waals surface area contributed by atoms with Crippen molar-refractivity contribution in [2.24, 2.45) is 0 Å². The van der Waals surface area contributed by atoms with Gasteiger partial charge in [0.05, 0.1) is 12.8 Å². The molecule has 0 bridgehead atoms. The predicted molar refractivity (Wildman–Crippen MR) is 77.4 cm³/mol. The highest BCUT2D eigenvalue weighted by atomic mass is 32.2. The summed E-state index contributed by atoms with van der Waals surface area (Å²) in [6.45, 7) is 2.60. The van der Waals surface area contributed by atoms with Crippen LogP contribution >= 0.6 is 0 Å². The second-order valence-corrected chi connectivity index (χ2v) is 7.41. The quantitative estimate of drug-likeness (QED) is 0.223. The zero-order valence-corrected chi connectivity index (χ0v) is 15.7.